The number of nitrogens with one attached hydrogen (secondary N) is 1. The fraction of sp³-hybridized carbons (Fsp3) is 0.333. The van der Waals surface area contributed by atoms with Gasteiger partial charge in [-0.15, -0.1) is 0 Å². The minimum Gasteiger partial charge on any atom is -0.307 e. The van der Waals surface area contributed by atoms with Gasteiger partial charge in [-0.2, -0.15) is 5.10 Å². The van der Waals surface area contributed by atoms with Crippen LogP contribution in [0.15, 0.2) is 54.7 Å². The molecule has 1 N–H and O–H groups in total. The van der Waals surface area contributed by atoms with Crippen molar-refractivity contribution in [2.45, 2.75) is 25.8 Å². The number of anilines is 1. The molecule has 1 aliphatic rings. The number of hydrogen-bond donors (Lipinski definition) is 1. The van der Waals surface area contributed by atoms with Gasteiger partial charge < -0.3 is 10.2 Å². The van der Waals surface area contributed by atoms with Gasteiger partial charge in [-0.25, -0.2) is 4.68 Å². The molecule has 134 valence electrons. The van der Waals surface area contributed by atoms with Gasteiger partial charge >= 0.3 is 0 Å². The zero-order chi connectivity index (χ0) is 17.9. The Morgan fingerprint density at radius 3 is 2.65 bits per heavy atom. The summed E-state index contributed by atoms with van der Waals surface area (Å²) in [6.07, 6.45) is 3.89. The van der Waals surface area contributed by atoms with Crippen molar-refractivity contribution < 1.29 is 4.79 Å². The highest BCUT2D eigenvalue weighted by molar-refractivity contribution is 6.06. The van der Waals surface area contributed by atoms with Crippen molar-refractivity contribution in [2.75, 3.05) is 25.0 Å². The molecule has 5 nitrogen and oxygen atoms in total. The fourth-order valence-electron chi connectivity index (χ4n) is 3.70. The molecule has 0 spiro atoms. The van der Waals surface area contributed by atoms with Crippen LogP contribution < -0.4 is 5.32 Å². The standard InChI is InChI=1S/C21H24N4O/c1-2-24-13-10-19(11-14-24)25-20(9-12-22-25)23-21(26)18-8-7-16-5-3-4-6-17(16)15-18/h3-9,12,15,19H,2,10-11,13-14H2,1H3,(H,23,26). The number of amides is 1. The number of aromatic nitrogens is 2. The zero-order valence-electron chi connectivity index (χ0n) is 15.1. The molecular formula is C21H24N4O. The summed E-state index contributed by atoms with van der Waals surface area (Å²) in [6.45, 7) is 5.46. The van der Waals surface area contributed by atoms with Crippen molar-refractivity contribution in [1.29, 1.82) is 0 Å². The second-order valence-electron chi connectivity index (χ2n) is 6.84. The summed E-state index contributed by atoms with van der Waals surface area (Å²) in [7, 11) is 0. The molecule has 0 radical (unpaired) electrons. The summed E-state index contributed by atoms with van der Waals surface area (Å²) < 4.78 is 1.98. The molecule has 0 aliphatic carbocycles. The molecule has 0 unspecified atom stereocenters. The summed E-state index contributed by atoms with van der Waals surface area (Å²) >= 11 is 0. The molecule has 0 saturated carbocycles. The second-order valence-corrected chi connectivity index (χ2v) is 6.84. The first-order valence-electron chi connectivity index (χ1n) is 9.30. The molecule has 5 heteroatoms. The number of nitrogens with zero attached hydrogens (tertiary/aromatic N) is 3. The number of carbonyl (C=O) groups is 1. The third-order valence-electron chi connectivity index (χ3n) is 5.27. The van der Waals surface area contributed by atoms with Gasteiger partial charge in [-0.3, -0.25) is 4.79 Å². The summed E-state index contributed by atoms with van der Waals surface area (Å²) in [6, 6.07) is 16.1. The summed E-state index contributed by atoms with van der Waals surface area (Å²) in [5, 5.41) is 9.72. The summed E-state index contributed by atoms with van der Waals surface area (Å²) in [5.74, 6) is 0.682. The van der Waals surface area contributed by atoms with Crippen LogP contribution in [0.25, 0.3) is 10.8 Å². The molecule has 1 aromatic heterocycles. The molecular weight excluding hydrogens is 324 g/mol. The minimum atomic E-state index is -0.0940. The van der Waals surface area contributed by atoms with Crippen molar-refractivity contribution in [1.82, 2.24) is 14.7 Å². The molecule has 1 fully saturated rings. The van der Waals surface area contributed by atoms with E-state index in [9.17, 15) is 4.79 Å². The van der Waals surface area contributed by atoms with Crippen LogP contribution in [0.4, 0.5) is 5.82 Å². The van der Waals surface area contributed by atoms with Crippen molar-refractivity contribution in [3.63, 3.8) is 0 Å². The first-order chi connectivity index (χ1) is 12.7. The maximum Gasteiger partial charge on any atom is 0.256 e. The lowest BCUT2D eigenvalue weighted by Crippen LogP contribution is -2.35. The average Bonchev–Trinajstić information content (AvgIpc) is 3.15. The van der Waals surface area contributed by atoms with Crippen molar-refractivity contribution in [3.05, 3.63) is 60.3 Å². The molecule has 2 heterocycles. The Bertz CT molecular complexity index is 909. The van der Waals surface area contributed by atoms with E-state index in [4.69, 9.17) is 0 Å². The van der Waals surface area contributed by atoms with Crippen LogP contribution in [0.2, 0.25) is 0 Å². The molecule has 4 rings (SSSR count). The van der Waals surface area contributed by atoms with Crippen LogP contribution in [-0.4, -0.2) is 40.2 Å². The van der Waals surface area contributed by atoms with Crippen LogP contribution >= 0.6 is 0 Å². The smallest absolute Gasteiger partial charge is 0.256 e. The predicted molar refractivity (Wildman–Crippen MR) is 105 cm³/mol. The Kier molecular flexibility index (Phi) is 4.71. The molecule has 1 amide bonds. The molecule has 1 aliphatic heterocycles. The Balaban J connectivity index is 1.50. The summed E-state index contributed by atoms with van der Waals surface area (Å²) in [5.41, 5.74) is 0.664. The lowest BCUT2D eigenvalue weighted by Gasteiger charge is -2.31. The predicted octanol–water partition coefficient (Wildman–Crippen LogP) is 3.95. The fourth-order valence-corrected chi connectivity index (χ4v) is 3.70. The number of benzene rings is 2. The lowest BCUT2D eigenvalue weighted by molar-refractivity contribution is 0.102. The highest BCUT2D eigenvalue weighted by Gasteiger charge is 2.22. The van der Waals surface area contributed by atoms with Gasteiger partial charge in [-0.1, -0.05) is 37.3 Å². The van der Waals surface area contributed by atoms with E-state index >= 15 is 0 Å². The molecule has 26 heavy (non-hydrogen) atoms. The van der Waals surface area contributed by atoms with Crippen LogP contribution in [0.3, 0.4) is 0 Å². The zero-order valence-corrected chi connectivity index (χ0v) is 15.1. The van der Waals surface area contributed by atoms with E-state index in [0.717, 1.165) is 49.1 Å². The Labute approximate surface area is 153 Å². The van der Waals surface area contributed by atoms with Gasteiger partial charge in [0, 0.05) is 24.7 Å². The number of piperidine rings is 1. The molecule has 0 atom stereocenters. The van der Waals surface area contributed by atoms with Gasteiger partial charge in [0.2, 0.25) is 0 Å². The molecule has 2 aromatic carbocycles. The number of carbonyl (C=O) groups excluding carboxylic acids is 1. The molecule has 3 aromatic rings. The number of likely N-dealkylation sites (tertiary alicyclic amines) is 1. The number of rotatable bonds is 4. The van der Waals surface area contributed by atoms with Crippen LogP contribution in [-0.2, 0) is 0 Å². The van der Waals surface area contributed by atoms with Gasteiger partial charge in [0.25, 0.3) is 5.91 Å². The van der Waals surface area contributed by atoms with E-state index in [-0.39, 0.29) is 5.91 Å². The van der Waals surface area contributed by atoms with E-state index in [0.29, 0.717) is 11.6 Å². The first kappa shape index (κ1) is 16.8. The Morgan fingerprint density at radius 2 is 1.88 bits per heavy atom. The number of hydrogen-bond acceptors (Lipinski definition) is 3. The average molecular weight is 348 g/mol. The lowest BCUT2D eigenvalue weighted by atomic mass is 10.1. The largest absolute Gasteiger partial charge is 0.307 e. The Hall–Kier alpha value is -2.66. The highest BCUT2D eigenvalue weighted by atomic mass is 16.1. The van der Waals surface area contributed by atoms with Gasteiger partial charge in [-0.05, 0) is 42.3 Å². The normalized spacial score (nSPS) is 16.0. The van der Waals surface area contributed by atoms with Crippen LogP contribution in [0, 0.1) is 0 Å². The third kappa shape index (κ3) is 3.35. The van der Waals surface area contributed by atoms with Gasteiger partial charge in [0.15, 0.2) is 0 Å². The van der Waals surface area contributed by atoms with Gasteiger partial charge in [0.05, 0.1) is 12.2 Å². The molecule has 1 saturated heterocycles. The van der Waals surface area contributed by atoms with Crippen molar-refractivity contribution in [3.8, 4) is 0 Å². The van der Waals surface area contributed by atoms with Crippen molar-refractivity contribution in [2.24, 2.45) is 0 Å². The second kappa shape index (κ2) is 7.30. The van der Waals surface area contributed by atoms with E-state index < -0.39 is 0 Å². The van der Waals surface area contributed by atoms with Crippen LogP contribution in [0.5, 0.6) is 0 Å². The van der Waals surface area contributed by atoms with E-state index in [2.05, 4.69) is 28.3 Å². The molecule has 0 bridgehead atoms. The van der Waals surface area contributed by atoms with Gasteiger partial charge in [0.1, 0.15) is 5.82 Å². The monoisotopic (exact) mass is 348 g/mol. The first-order valence-corrected chi connectivity index (χ1v) is 9.30. The third-order valence-corrected chi connectivity index (χ3v) is 5.27. The number of fused-ring (bicyclic) bond motifs is 1. The Morgan fingerprint density at radius 1 is 1.12 bits per heavy atom. The topological polar surface area (TPSA) is 50.2 Å². The highest BCUT2D eigenvalue weighted by Crippen LogP contribution is 2.25. The quantitative estimate of drug-likeness (QED) is 0.777. The summed E-state index contributed by atoms with van der Waals surface area (Å²) in [4.78, 5) is 15.2. The van der Waals surface area contributed by atoms with Crippen molar-refractivity contribution >= 4 is 22.5 Å². The minimum absolute atomic E-state index is 0.0940. The van der Waals surface area contributed by atoms with E-state index in [1.807, 2.05) is 47.1 Å². The SMILES string of the molecule is CCN1CCC(n2nccc2NC(=O)c2ccc3ccccc3c2)CC1. The van der Waals surface area contributed by atoms with E-state index in [1.165, 1.54) is 0 Å². The maximum absolute atomic E-state index is 12.7. The van der Waals surface area contributed by atoms with Crippen LogP contribution in [0.1, 0.15) is 36.2 Å². The maximum atomic E-state index is 12.7. The van der Waals surface area contributed by atoms with E-state index in [1.54, 1.807) is 6.20 Å².